The van der Waals surface area contributed by atoms with Gasteiger partial charge < -0.3 is 10.1 Å². The van der Waals surface area contributed by atoms with Gasteiger partial charge in [0.1, 0.15) is 5.56 Å². The first-order valence-electron chi connectivity index (χ1n) is 6.14. The topological polar surface area (TPSA) is 56.1 Å². The van der Waals surface area contributed by atoms with Crippen molar-refractivity contribution in [3.05, 3.63) is 17.0 Å². The van der Waals surface area contributed by atoms with Gasteiger partial charge in [0, 0.05) is 12.1 Å². The number of esters is 1. The second kappa shape index (κ2) is 3.57. The zero-order valence-electron chi connectivity index (χ0n) is 10.2. The van der Waals surface area contributed by atoms with E-state index in [0.29, 0.717) is 12.2 Å². The highest BCUT2D eigenvalue weighted by Crippen LogP contribution is 2.40. The normalized spacial score (nSPS) is 20.1. The average Bonchev–Trinajstić information content (AvgIpc) is 2.93. The maximum absolute atomic E-state index is 11.9. The first-order valence-corrected chi connectivity index (χ1v) is 6.14. The zero-order valence-corrected chi connectivity index (χ0v) is 10.2. The monoisotopic (exact) mass is 235 g/mol. The van der Waals surface area contributed by atoms with Crippen molar-refractivity contribution in [1.29, 1.82) is 0 Å². The van der Waals surface area contributed by atoms with Crippen molar-refractivity contribution in [2.45, 2.75) is 45.3 Å². The summed E-state index contributed by atoms with van der Waals surface area (Å²) in [5, 5.41) is 7.97. The van der Waals surface area contributed by atoms with Gasteiger partial charge in [-0.05, 0) is 26.7 Å². The standard InChI is InChI=1S/C12H17N3O2/c1-3-17-11(16)10-8(2)14-15-7-12(4-5-12)13-6-9(10)15/h13H,3-7H2,1-2H3. The number of nitrogens with zero attached hydrogens (tertiary/aromatic N) is 2. The molecule has 1 N–H and O–H groups in total. The number of carbonyl (C=O) groups is 1. The van der Waals surface area contributed by atoms with Gasteiger partial charge in [-0.15, -0.1) is 0 Å². The van der Waals surface area contributed by atoms with E-state index < -0.39 is 0 Å². The molecule has 0 amide bonds. The second-order valence-electron chi connectivity index (χ2n) is 4.92. The van der Waals surface area contributed by atoms with Gasteiger partial charge in [-0.25, -0.2) is 4.79 Å². The largest absolute Gasteiger partial charge is 0.462 e. The van der Waals surface area contributed by atoms with Gasteiger partial charge in [0.2, 0.25) is 0 Å². The van der Waals surface area contributed by atoms with Gasteiger partial charge in [0.05, 0.1) is 24.5 Å². The lowest BCUT2D eigenvalue weighted by atomic mass is 10.1. The Morgan fingerprint density at radius 1 is 1.59 bits per heavy atom. The van der Waals surface area contributed by atoms with E-state index in [2.05, 4.69) is 10.4 Å². The van der Waals surface area contributed by atoms with E-state index in [1.807, 2.05) is 18.5 Å². The van der Waals surface area contributed by atoms with Crippen LogP contribution in [0.2, 0.25) is 0 Å². The van der Waals surface area contributed by atoms with Crippen molar-refractivity contribution in [2.75, 3.05) is 6.61 Å². The number of aryl methyl sites for hydroxylation is 1. The molecule has 0 radical (unpaired) electrons. The number of nitrogens with one attached hydrogen (secondary N) is 1. The molecule has 1 aliphatic carbocycles. The summed E-state index contributed by atoms with van der Waals surface area (Å²) in [6, 6.07) is 0. The van der Waals surface area contributed by atoms with Crippen LogP contribution in [0.5, 0.6) is 0 Å². The molecule has 92 valence electrons. The molecule has 2 aliphatic rings. The Bertz CT molecular complexity index is 474. The summed E-state index contributed by atoms with van der Waals surface area (Å²) in [4.78, 5) is 11.9. The Hall–Kier alpha value is -1.36. The van der Waals surface area contributed by atoms with Crippen molar-refractivity contribution < 1.29 is 9.53 Å². The number of aromatic nitrogens is 2. The van der Waals surface area contributed by atoms with E-state index in [9.17, 15) is 4.79 Å². The molecule has 3 rings (SSSR count). The van der Waals surface area contributed by atoms with Crippen LogP contribution in [0, 0.1) is 6.92 Å². The van der Waals surface area contributed by atoms with Crippen molar-refractivity contribution in [3.63, 3.8) is 0 Å². The third kappa shape index (κ3) is 1.65. The number of hydrogen-bond donors (Lipinski definition) is 1. The van der Waals surface area contributed by atoms with Gasteiger partial charge in [-0.3, -0.25) is 4.68 Å². The van der Waals surface area contributed by atoms with Crippen molar-refractivity contribution in [2.24, 2.45) is 0 Å². The highest BCUT2D eigenvalue weighted by atomic mass is 16.5. The first-order chi connectivity index (χ1) is 8.15. The molecule has 17 heavy (non-hydrogen) atoms. The summed E-state index contributed by atoms with van der Waals surface area (Å²) in [7, 11) is 0. The molecule has 2 heterocycles. The van der Waals surface area contributed by atoms with Crippen LogP contribution in [0.25, 0.3) is 0 Å². The van der Waals surface area contributed by atoms with E-state index in [4.69, 9.17) is 4.74 Å². The van der Waals surface area contributed by atoms with Crippen LogP contribution in [-0.2, 0) is 17.8 Å². The Balaban J connectivity index is 1.95. The number of carbonyl (C=O) groups excluding carboxylic acids is 1. The third-order valence-corrected chi connectivity index (χ3v) is 3.65. The molecule has 5 heteroatoms. The lowest BCUT2D eigenvalue weighted by Gasteiger charge is -2.25. The molecule has 1 fully saturated rings. The van der Waals surface area contributed by atoms with Crippen LogP contribution in [0.15, 0.2) is 0 Å². The van der Waals surface area contributed by atoms with Crippen LogP contribution in [0.1, 0.15) is 41.5 Å². The van der Waals surface area contributed by atoms with Gasteiger partial charge >= 0.3 is 5.97 Å². The van der Waals surface area contributed by atoms with Crippen LogP contribution in [0.3, 0.4) is 0 Å². The highest BCUT2D eigenvalue weighted by molar-refractivity contribution is 5.92. The van der Waals surface area contributed by atoms with E-state index in [1.54, 1.807) is 0 Å². The highest BCUT2D eigenvalue weighted by Gasteiger charge is 2.46. The van der Waals surface area contributed by atoms with Gasteiger partial charge in [-0.1, -0.05) is 0 Å². The Kier molecular flexibility index (Phi) is 2.26. The second-order valence-corrected chi connectivity index (χ2v) is 4.92. The fraction of sp³-hybridized carbons (Fsp3) is 0.667. The summed E-state index contributed by atoms with van der Waals surface area (Å²) >= 11 is 0. The summed E-state index contributed by atoms with van der Waals surface area (Å²) in [6.45, 7) is 5.69. The Morgan fingerprint density at radius 2 is 2.35 bits per heavy atom. The molecule has 1 aliphatic heterocycles. The molecule has 1 spiro atoms. The van der Waals surface area contributed by atoms with E-state index >= 15 is 0 Å². The predicted octanol–water partition coefficient (Wildman–Crippen LogP) is 1.00. The molecule has 0 unspecified atom stereocenters. The molecule has 1 aromatic rings. The number of fused-ring (bicyclic) bond motifs is 1. The summed E-state index contributed by atoms with van der Waals surface area (Å²) < 4.78 is 7.06. The molecule has 0 aromatic carbocycles. The Labute approximate surface area is 100 Å². The fourth-order valence-corrected chi connectivity index (χ4v) is 2.51. The van der Waals surface area contributed by atoms with Gasteiger partial charge in [0.15, 0.2) is 0 Å². The van der Waals surface area contributed by atoms with Crippen LogP contribution >= 0.6 is 0 Å². The number of rotatable bonds is 2. The quantitative estimate of drug-likeness (QED) is 0.777. The number of hydrogen-bond acceptors (Lipinski definition) is 4. The van der Waals surface area contributed by atoms with E-state index in [-0.39, 0.29) is 11.5 Å². The Morgan fingerprint density at radius 3 is 3.00 bits per heavy atom. The lowest BCUT2D eigenvalue weighted by Crippen LogP contribution is -2.41. The smallest absolute Gasteiger partial charge is 0.341 e. The minimum atomic E-state index is -0.250. The van der Waals surface area contributed by atoms with Gasteiger partial charge in [-0.2, -0.15) is 5.10 Å². The van der Waals surface area contributed by atoms with Crippen molar-refractivity contribution in [1.82, 2.24) is 15.1 Å². The zero-order chi connectivity index (χ0) is 12.0. The molecule has 1 saturated carbocycles. The number of ether oxygens (including phenoxy) is 1. The molecule has 0 bridgehead atoms. The van der Waals surface area contributed by atoms with Crippen molar-refractivity contribution >= 4 is 5.97 Å². The van der Waals surface area contributed by atoms with E-state index in [1.165, 1.54) is 12.8 Å². The first kappa shape index (κ1) is 10.8. The maximum atomic E-state index is 11.9. The molecular formula is C12H17N3O2. The molecule has 0 saturated heterocycles. The third-order valence-electron chi connectivity index (χ3n) is 3.65. The van der Waals surface area contributed by atoms with Crippen molar-refractivity contribution in [3.8, 4) is 0 Å². The fourth-order valence-electron chi connectivity index (χ4n) is 2.51. The molecule has 0 atom stereocenters. The van der Waals surface area contributed by atoms with Crippen LogP contribution in [0.4, 0.5) is 0 Å². The summed E-state index contributed by atoms with van der Waals surface area (Å²) in [5.41, 5.74) is 2.66. The molecular weight excluding hydrogens is 218 g/mol. The minimum Gasteiger partial charge on any atom is -0.462 e. The minimum absolute atomic E-state index is 0.250. The van der Waals surface area contributed by atoms with Crippen LogP contribution in [-0.4, -0.2) is 27.9 Å². The molecule has 5 nitrogen and oxygen atoms in total. The predicted molar refractivity (Wildman–Crippen MR) is 61.7 cm³/mol. The van der Waals surface area contributed by atoms with E-state index in [0.717, 1.165) is 24.5 Å². The maximum Gasteiger partial charge on any atom is 0.341 e. The molecule has 1 aromatic heterocycles. The SMILES string of the molecule is CCOC(=O)c1c(C)nn2c1CNC1(CC1)C2. The summed E-state index contributed by atoms with van der Waals surface area (Å²) in [5.74, 6) is -0.250. The summed E-state index contributed by atoms with van der Waals surface area (Å²) in [6.07, 6.45) is 2.42. The average molecular weight is 235 g/mol. The van der Waals surface area contributed by atoms with Crippen LogP contribution < -0.4 is 5.32 Å². The van der Waals surface area contributed by atoms with Gasteiger partial charge in [0.25, 0.3) is 0 Å². The lowest BCUT2D eigenvalue weighted by molar-refractivity contribution is 0.0523.